The van der Waals surface area contributed by atoms with Crippen molar-refractivity contribution in [3.8, 4) is 12.3 Å². The Morgan fingerprint density at radius 2 is 2.08 bits per heavy atom. The number of hydrogen-bond acceptors (Lipinski definition) is 5. The van der Waals surface area contributed by atoms with Crippen LogP contribution < -0.4 is 5.32 Å². The molecule has 1 N–H and O–H groups in total. The number of terminal acetylenes is 1. The quantitative estimate of drug-likeness (QED) is 0.786. The molecular weight excluding hydrogens is 348 g/mol. The maximum Gasteiger partial charge on any atom is 0.234 e. The first kappa shape index (κ1) is 20.4. The molecule has 0 bridgehead atoms. The number of hydrogen-bond donors (Lipinski definition) is 1. The van der Waals surface area contributed by atoms with Gasteiger partial charge in [-0.2, -0.15) is 0 Å². The van der Waals surface area contributed by atoms with Crippen LogP contribution in [0.2, 0.25) is 0 Å². The summed E-state index contributed by atoms with van der Waals surface area (Å²) in [7, 11) is 0. The highest BCUT2D eigenvalue weighted by atomic mass is 32.1. The summed E-state index contributed by atoms with van der Waals surface area (Å²) in [5, 5.41) is 5.72. The zero-order valence-corrected chi connectivity index (χ0v) is 16.7. The van der Waals surface area contributed by atoms with E-state index in [2.05, 4.69) is 41.9 Å². The van der Waals surface area contributed by atoms with Crippen LogP contribution in [0.1, 0.15) is 37.9 Å². The van der Waals surface area contributed by atoms with Gasteiger partial charge in [0.2, 0.25) is 11.8 Å². The van der Waals surface area contributed by atoms with Gasteiger partial charge in [-0.3, -0.25) is 14.5 Å². The number of amides is 2. The molecule has 0 saturated carbocycles. The monoisotopic (exact) mass is 376 g/mol. The Kier molecular flexibility index (Phi) is 7.18. The van der Waals surface area contributed by atoms with Gasteiger partial charge in [0.25, 0.3) is 0 Å². The zero-order valence-electron chi connectivity index (χ0n) is 15.9. The summed E-state index contributed by atoms with van der Waals surface area (Å²) in [6.45, 7) is 9.81. The van der Waals surface area contributed by atoms with Gasteiger partial charge in [0.1, 0.15) is 0 Å². The third kappa shape index (κ3) is 6.11. The number of carbonyl (C=O) groups excluding carboxylic acids is 2. The van der Waals surface area contributed by atoms with Gasteiger partial charge in [-0.05, 0) is 6.42 Å². The highest BCUT2D eigenvalue weighted by Gasteiger charge is 2.23. The minimum absolute atomic E-state index is 0.00899. The number of rotatable bonds is 5. The number of thiazole rings is 1. The van der Waals surface area contributed by atoms with Crippen LogP contribution in [0.3, 0.4) is 0 Å². The summed E-state index contributed by atoms with van der Waals surface area (Å²) in [5.41, 5.74) is 0.856. The predicted octanol–water partition coefficient (Wildman–Crippen LogP) is 1.27. The number of carbonyl (C=O) groups is 2. The molecule has 0 radical (unpaired) electrons. The van der Waals surface area contributed by atoms with Crippen molar-refractivity contribution in [1.29, 1.82) is 0 Å². The van der Waals surface area contributed by atoms with E-state index in [0.717, 1.165) is 30.2 Å². The summed E-state index contributed by atoms with van der Waals surface area (Å²) < 4.78 is 0. The first-order valence-corrected chi connectivity index (χ1v) is 9.82. The standard InChI is InChI=1S/C19H28N4O2S/c1-5-7-20-16(24)13-22-8-6-9-23(11-10-22)17(25)12-15-14-26-18(21-15)19(2,3)4/h1,14H,6-13H2,2-4H3,(H,20,24). The maximum absolute atomic E-state index is 12.6. The molecule has 1 aliphatic heterocycles. The largest absolute Gasteiger partial charge is 0.344 e. The highest BCUT2D eigenvalue weighted by Crippen LogP contribution is 2.25. The van der Waals surface area contributed by atoms with Crippen molar-refractivity contribution in [3.63, 3.8) is 0 Å². The average Bonchev–Trinajstić information content (AvgIpc) is 2.92. The van der Waals surface area contributed by atoms with E-state index in [1.54, 1.807) is 11.3 Å². The van der Waals surface area contributed by atoms with Gasteiger partial charge < -0.3 is 10.2 Å². The molecule has 1 saturated heterocycles. The number of nitrogens with one attached hydrogen (secondary N) is 1. The molecule has 0 spiro atoms. The minimum atomic E-state index is -0.0695. The van der Waals surface area contributed by atoms with E-state index >= 15 is 0 Å². The fraction of sp³-hybridized carbons (Fsp3) is 0.632. The van der Waals surface area contributed by atoms with E-state index < -0.39 is 0 Å². The van der Waals surface area contributed by atoms with Crippen LogP contribution in [0.25, 0.3) is 0 Å². The molecule has 26 heavy (non-hydrogen) atoms. The van der Waals surface area contributed by atoms with Crippen LogP contribution in [0.15, 0.2) is 5.38 Å². The van der Waals surface area contributed by atoms with Gasteiger partial charge in [-0.25, -0.2) is 4.98 Å². The van der Waals surface area contributed by atoms with E-state index in [1.165, 1.54) is 0 Å². The van der Waals surface area contributed by atoms with Gasteiger partial charge in [0.15, 0.2) is 0 Å². The Bertz CT molecular complexity index is 672. The van der Waals surface area contributed by atoms with Gasteiger partial charge in [-0.15, -0.1) is 17.8 Å². The molecule has 1 aromatic heterocycles. The van der Waals surface area contributed by atoms with Gasteiger partial charge in [0, 0.05) is 37.0 Å². The number of nitrogens with zero attached hydrogens (tertiary/aromatic N) is 3. The average molecular weight is 377 g/mol. The summed E-state index contributed by atoms with van der Waals surface area (Å²) >= 11 is 1.61. The van der Waals surface area contributed by atoms with Crippen LogP contribution in [0, 0.1) is 12.3 Å². The summed E-state index contributed by atoms with van der Waals surface area (Å²) in [6, 6.07) is 0. The maximum atomic E-state index is 12.6. The molecule has 6 nitrogen and oxygen atoms in total. The van der Waals surface area contributed by atoms with Crippen LogP contribution in [0.5, 0.6) is 0 Å². The Morgan fingerprint density at radius 3 is 2.73 bits per heavy atom. The molecule has 0 aromatic carbocycles. The predicted molar refractivity (Wildman–Crippen MR) is 104 cm³/mol. The SMILES string of the molecule is C#CCNC(=O)CN1CCCN(C(=O)Cc2csc(C(C)(C)C)n2)CC1. The summed E-state index contributed by atoms with van der Waals surface area (Å²) in [6.07, 6.45) is 6.35. The molecule has 2 amide bonds. The minimum Gasteiger partial charge on any atom is -0.344 e. The summed E-state index contributed by atoms with van der Waals surface area (Å²) in [4.78, 5) is 33.0. The topological polar surface area (TPSA) is 65.5 Å². The second-order valence-electron chi connectivity index (χ2n) is 7.56. The molecule has 2 heterocycles. The molecule has 0 atom stereocenters. The Labute approximate surface area is 160 Å². The highest BCUT2D eigenvalue weighted by molar-refractivity contribution is 7.09. The van der Waals surface area contributed by atoms with Crippen LogP contribution in [-0.4, -0.2) is 65.9 Å². The van der Waals surface area contributed by atoms with Crippen molar-refractivity contribution in [2.24, 2.45) is 0 Å². The van der Waals surface area contributed by atoms with Crippen molar-refractivity contribution in [2.45, 2.75) is 39.0 Å². The second kappa shape index (κ2) is 9.15. The van der Waals surface area contributed by atoms with Crippen molar-refractivity contribution >= 4 is 23.2 Å². The van der Waals surface area contributed by atoms with Crippen LogP contribution >= 0.6 is 11.3 Å². The van der Waals surface area contributed by atoms with Crippen LogP contribution in [-0.2, 0) is 21.4 Å². The second-order valence-corrected chi connectivity index (χ2v) is 8.42. The van der Waals surface area contributed by atoms with Crippen LogP contribution in [0.4, 0.5) is 0 Å². The molecule has 0 unspecified atom stereocenters. The third-order valence-electron chi connectivity index (χ3n) is 4.22. The molecule has 0 aliphatic carbocycles. The molecule has 1 aromatic rings. The van der Waals surface area contributed by atoms with Gasteiger partial charge in [0.05, 0.1) is 30.2 Å². The first-order chi connectivity index (χ1) is 12.3. The van der Waals surface area contributed by atoms with Crippen molar-refractivity contribution < 1.29 is 9.59 Å². The van der Waals surface area contributed by atoms with E-state index in [4.69, 9.17) is 6.42 Å². The molecule has 1 fully saturated rings. The van der Waals surface area contributed by atoms with E-state index in [9.17, 15) is 9.59 Å². The Morgan fingerprint density at radius 1 is 1.31 bits per heavy atom. The Balaban J connectivity index is 1.84. The lowest BCUT2D eigenvalue weighted by Gasteiger charge is -2.21. The fourth-order valence-electron chi connectivity index (χ4n) is 2.79. The number of aromatic nitrogens is 1. The van der Waals surface area contributed by atoms with Gasteiger partial charge >= 0.3 is 0 Å². The lowest BCUT2D eigenvalue weighted by atomic mass is 9.98. The van der Waals surface area contributed by atoms with Gasteiger partial charge in [-0.1, -0.05) is 26.7 Å². The smallest absolute Gasteiger partial charge is 0.234 e. The molecule has 142 valence electrons. The Hall–Kier alpha value is -1.91. The molecule has 1 aliphatic rings. The molecule has 2 rings (SSSR count). The van der Waals surface area contributed by atoms with Crippen molar-refractivity contribution in [2.75, 3.05) is 39.3 Å². The fourth-order valence-corrected chi connectivity index (χ4v) is 3.69. The lowest BCUT2D eigenvalue weighted by molar-refractivity contribution is -0.130. The van der Waals surface area contributed by atoms with E-state index in [1.807, 2.05) is 10.3 Å². The van der Waals surface area contributed by atoms with Crippen molar-refractivity contribution in [1.82, 2.24) is 20.1 Å². The normalized spacial score (nSPS) is 16.0. The third-order valence-corrected chi connectivity index (χ3v) is 5.54. The van der Waals surface area contributed by atoms with Crippen molar-refractivity contribution in [3.05, 3.63) is 16.1 Å². The molecule has 7 heteroatoms. The first-order valence-electron chi connectivity index (χ1n) is 8.95. The van der Waals surface area contributed by atoms with E-state index in [-0.39, 0.29) is 23.8 Å². The lowest BCUT2D eigenvalue weighted by Crippen LogP contribution is -2.40. The summed E-state index contributed by atoms with van der Waals surface area (Å²) in [5.74, 6) is 2.43. The van der Waals surface area contributed by atoms with E-state index in [0.29, 0.717) is 26.1 Å². The zero-order chi connectivity index (χ0) is 19.2. The molecular formula is C19H28N4O2S.